The van der Waals surface area contributed by atoms with Crippen LogP contribution in [0.2, 0.25) is 0 Å². The van der Waals surface area contributed by atoms with Gasteiger partial charge in [-0.1, -0.05) is 18.2 Å². The number of hydrogen-bond acceptors (Lipinski definition) is 5. The molecule has 3 aromatic rings. The Hall–Kier alpha value is -3.06. The number of nitrogens with one attached hydrogen (secondary N) is 2. The molecule has 0 bridgehead atoms. The average molecular weight is 398 g/mol. The SMILES string of the molecule is COc1cc(C(=O)NNC(=O)c2sc3ccccc3c2C)ccc1OC(C)C. The van der Waals surface area contributed by atoms with Crippen molar-refractivity contribution in [2.24, 2.45) is 0 Å². The van der Waals surface area contributed by atoms with Crippen LogP contribution in [-0.4, -0.2) is 25.0 Å². The second-order valence-corrected chi connectivity index (χ2v) is 7.55. The number of benzene rings is 2. The maximum atomic E-state index is 12.5. The summed E-state index contributed by atoms with van der Waals surface area (Å²) in [7, 11) is 1.51. The summed E-state index contributed by atoms with van der Waals surface area (Å²) in [5.41, 5.74) is 6.18. The van der Waals surface area contributed by atoms with E-state index in [2.05, 4.69) is 10.9 Å². The van der Waals surface area contributed by atoms with E-state index in [1.807, 2.05) is 45.0 Å². The number of amides is 2. The highest BCUT2D eigenvalue weighted by Gasteiger charge is 2.17. The smallest absolute Gasteiger partial charge is 0.280 e. The lowest BCUT2D eigenvalue weighted by Crippen LogP contribution is -2.41. The molecule has 0 spiro atoms. The van der Waals surface area contributed by atoms with Gasteiger partial charge in [-0.05, 0) is 56.0 Å². The molecule has 0 saturated heterocycles. The first-order chi connectivity index (χ1) is 13.4. The summed E-state index contributed by atoms with van der Waals surface area (Å²) < 4.78 is 12.0. The fourth-order valence-corrected chi connectivity index (χ4v) is 3.90. The Kier molecular flexibility index (Phi) is 5.84. The maximum absolute atomic E-state index is 12.5. The summed E-state index contributed by atoms with van der Waals surface area (Å²) >= 11 is 1.39. The fraction of sp³-hybridized carbons (Fsp3) is 0.238. The van der Waals surface area contributed by atoms with Gasteiger partial charge in [-0.25, -0.2) is 0 Å². The Balaban J connectivity index is 1.71. The zero-order chi connectivity index (χ0) is 20.3. The molecule has 1 heterocycles. The number of thiophene rings is 1. The Morgan fingerprint density at radius 1 is 1.00 bits per heavy atom. The molecule has 0 aliphatic rings. The topological polar surface area (TPSA) is 76.7 Å². The molecule has 0 saturated carbocycles. The first-order valence-corrected chi connectivity index (χ1v) is 9.66. The Morgan fingerprint density at radius 3 is 2.39 bits per heavy atom. The number of methoxy groups -OCH3 is 1. The Bertz CT molecular complexity index is 1030. The largest absolute Gasteiger partial charge is 0.493 e. The van der Waals surface area contributed by atoms with E-state index in [1.165, 1.54) is 18.4 Å². The van der Waals surface area contributed by atoms with Crippen LogP contribution in [0.1, 0.15) is 39.4 Å². The molecule has 0 aliphatic carbocycles. The van der Waals surface area contributed by atoms with E-state index in [-0.39, 0.29) is 12.0 Å². The zero-order valence-corrected chi connectivity index (χ0v) is 17.0. The Labute approximate surface area is 167 Å². The monoisotopic (exact) mass is 398 g/mol. The zero-order valence-electron chi connectivity index (χ0n) is 16.2. The van der Waals surface area contributed by atoms with Crippen LogP contribution in [0, 0.1) is 6.92 Å². The van der Waals surface area contributed by atoms with Crippen LogP contribution in [0.3, 0.4) is 0 Å². The van der Waals surface area contributed by atoms with Crippen LogP contribution in [0.25, 0.3) is 10.1 Å². The molecule has 1 aromatic heterocycles. The molecule has 3 rings (SSSR count). The molecular formula is C21H22N2O4S. The molecule has 2 aromatic carbocycles. The van der Waals surface area contributed by atoms with Gasteiger partial charge in [-0.15, -0.1) is 11.3 Å². The highest BCUT2D eigenvalue weighted by molar-refractivity contribution is 7.21. The maximum Gasteiger partial charge on any atom is 0.280 e. The third kappa shape index (κ3) is 4.09. The first-order valence-electron chi connectivity index (χ1n) is 8.84. The normalized spacial score (nSPS) is 10.8. The number of hydrogen-bond donors (Lipinski definition) is 2. The van der Waals surface area contributed by atoms with Crippen LogP contribution in [0.4, 0.5) is 0 Å². The van der Waals surface area contributed by atoms with E-state index in [4.69, 9.17) is 9.47 Å². The van der Waals surface area contributed by atoms with Crippen molar-refractivity contribution in [3.8, 4) is 11.5 Å². The van der Waals surface area contributed by atoms with Crippen molar-refractivity contribution in [3.05, 3.63) is 58.5 Å². The highest BCUT2D eigenvalue weighted by atomic mass is 32.1. The van der Waals surface area contributed by atoms with Crippen LogP contribution in [0.15, 0.2) is 42.5 Å². The predicted molar refractivity (Wildman–Crippen MR) is 110 cm³/mol. The first kappa shape index (κ1) is 19.7. The van der Waals surface area contributed by atoms with Crippen LogP contribution >= 0.6 is 11.3 Å². The molecule has 0 aliphatic heterocycles. The summed E-state index contributed by atoms with van der Waals surface area (Å²) in [6, 6.07) is 12.7. The lowest BCUT2D eigenvalue weighted by molar-refractivity contribution is 0.0848. The van der Waals surface area contributed by atoms with Gasteiger partial charge in [0.05, 0.1) is 18.1 Å². The van der Waals surface area contributed by atoms with Crippen molar-refractivity contribution in [1.82, 2.24) is 10.9 Å². The van der Waals surface area contributed by atoms with Gasteiger partial charge >= 0.3 is 0 Å². The minimum atomic E-state index is -0.443. The van der Waals surface area contributed by atoms with Gasteiger partial charge < -0.3 is 9.47 Å². The minimum absolute atomic E-state index is 0.0163. The summed E-state index contributed by atoms with van der Waals surface area (Å²) in [5, 5.41) is 1.04. The van der Waals surface area contributed by atoms with E-state index in [1.54, 1.807) is 18.2 Å². The average Bonchev–Trinajstić information content (AvgIpc) is 3.02. The van der Waals surface area contributed by atoms with Crippen molar-refractivity contribution < 1.29 is 19.1 Å². The molecule has 2 N–H and O–H groups in total. The second kappa shape index (κ2) is 8.31. The van der Waals surface area contributed by atoms with Gasteiger partial charge in [0.25, 0.3) is 11.8 Å². The highest BCUT2D eigenvalue weighted by Crippen LogP contribution is 2.30. The third-order valence-electron chi connectivity index (χ3n) is 4.13. The van der Waals surface area contributed by atoms with Crippen molar-refractivity contribution in [1.29, 1.82) is 0 Å². The van der Waals surface area contributed by atoms with E-state index >= 15 is 0 Å². The summed E-state index contributed by atoms with van der Waals surface area (Å²) in [4.78, 5) is 25.5. The molecule has 0 unspecified atom stereocenters. The number of carbonyl (C=O) groups excluding carboxylic acids is 2. The molecule has 28 heavy (non-hydrogen) atoms. The number of hydrazine groups is 1. The quantitative estimate of drug-likeness (QED) is 0.635. The molecule has 146 valence electrons. The van der Waals surface area contributed by atoms with Gasteiger partial charge in [0.15, 0.2) is 11.5 Å². The Morgan fingerprint density at radius 2 is 1.71 bits per heavy atom. The molecule has 6 nitrogen and oxygen atoms in total. The molecular weight excluding hydrogens is 376 g/mol. The van der Waals surface area contributed by atoms with Gasteiger partial charge in [-0.3, -0.25) is 20.4 Å². The minimum Gasteiger partial charge on any atom is -0.493 e. The standard InChI is InChI=1S/C21H22N2O4S/c1-12(2)27-16-10-9-14(11-17(16)26-4)20(24)22-23-21(25)19-13(3)15-7-5-6-8-18(15)28-19/h5-12H,1-4H3,(H,22,24)(H,23,25). The number of ether oxygens (including phenoxy) is 2. The number of aryl methyl sites for hydroxylation is 1. The molecule has 0 atom stereocenters. The third-order valence-corrected chi connectivity index (χ3v) is 5.40. The predicted octanol–water partition coefficient (Wildman–Crippen LogP) is 4.08. The van der Waals surface area contributed by atoms with Crippen molar-refractivity contribution in [2.45, 2.75) is 26.9 Å². The lowest BCUT2D eigenvalue weighted by atomic mass is 10.1. The summed E-state index contributed by atoms with van der Waals surface area (Å²) in [5.74, 6) is 0.215. The van der Waals surface area contributed by atoms with Gasteiger partial charge in [0.1, 0.15) is 0 Å². The summed E-state index contributed by atoms with van der Waals surface area (Å²) in [6.45, 7) is 5.71. The molecule has 0 radical (unpaired) electrons. The lowest BCUT2D eigenvalue weighted by Gasteiger charge is -2.14. The van der Waals surface area contributed by atoms with Gasteiger partial charge in [0, 0.05) is 10.3 Å². The van der Waals surface area contributed by atoms with Crippen LogP contribution in [-0.2, 0) is 0 Å². The van der Waals surface area contributed by atoms with Crippen molar-refractivity contribution in [2.75, 3.05) is 7.11 Å². The van der Waals surface area contributed by atoms with E-state index in [9.17, 15) is 9.59 Å². The second-order valence-electron chi connectivity index (χ2n) is 6.49. The van der Waals surface area contributed by atoms with Crippen molar-refractivity contribution >= 4 is 33.2 Å². The van der Waals surface area contributed by atoms with Gasteiger partial charge in [-0.2, -0.15) is 0 Å². The van der Waals surface area contributed by atoms with Crippen molar-refractivity contribution in [3.63, 3.8) is 0 Å². The van der Waals surface area contributed by atoms with E-state index in [0.717, 1.165) is 15.6 Å². The molecule has 2 amide bonds. The fourth-order valence-electron chi connectivity index (χ4n) is 2.79. The number of rotatable bonds is 5. The molecule has 0 fully saturated rings. The summed E-state index contributed by atoms with van der Waals surface area (Å²) in [6.07, 6.45) is -0.0163. The van der Waals surface area contributed by atoms with E-state index < -0.39 is 5.91 Å². The number of carbonyl (C=O) groups is 2. The van der Waals surface area contributed by atoms with E-state index in [0.29, 0.717) is 21.9 Å². The van der Waals surface area contributed by atoms with Gasteiger partial charge in [0.2, 0.25) is 0 Å². The number of fused-ring (bicyclic) bond motifs is 1. The van der Waals surface area contributed by atoms with Crippen LogP contribution in [0.5, 0.6) is 11.5 Å². The van der Waals surface area contributed by atoms with Crippen LogP contribution < -0.4 is 20.3 Å². The molecule has 7 heteroatoms.